The average Bonchev–Trinajstić information content (AvgIpc) is 2.68. The maximum Gasteiger partial charge on any atom is 0.241 e. The largest absolute Gasteiger partial charge is 0.466 e. The number of furan rings is 1. The molecule has 108 valence electrons. The molecule has 0 saturated carbocycles. The number of sulfonamides is 1. The van der Waals surface area contributed by atoms with Gasteiger partial charge in [0.25, 0.3) is 0 Å². The summed E-state index contributed by atoms with van der Waals surface area (Å²) in [6, 6.07) is 4.13. The van der Waals surface area contributed by atoms with Gasteiger partial charge in [-0.2, -0.15) is 0 Å². The molecule has 5 nitrogen and oxygen atoms in total. The van der Waals surface area contributed by atoms with Gasteiger partial charge in [0.2, 0.25) is 10.0 Å². The van der Waals surface area contributed by atoms with Crippen LogP contribution in [0.2, 0.25) is 5.15 Å². The van der Waals surface area contributed by atoms with E-state index in [1.165, 1.54) is 18.3 Å². The predicted octanol–water partition coefficient (Wildman–Crippen LogP) is 2.98. The molecular formula is C13H15ClN2O3S. The van der Waals surface area contributed by atoms with Gasteiger partial charge in [-0.1, -0.05) is 11.6 Å². The van der Waals surface area contributed by atoms with Crippen LogP contribution in [0.25, 0.3) is 0 Å². The van der Waals surface area contributed by atoms with Gasteiger partial charge in [-0.05, 0) is 39.0 Å². The molecule has 0 bridgehead atoms. The van der Waals surface area contributed by atoms with Crippen molar-refractivity contribution >= 4 is 21.6 Å². The van der Waals surface area contributed by atoms with E-state index in [4.69, 9.17) is 16.0 Å². The molecular weight excluding hydrogens is 300 g/mol. The quantitative estimate of drug-likeness (QED) is 0.881. The standard InChI is InChI=1S/C13H15ClN2O3S/c1-8-6-12(10(3)19-8)9(2)16-20(17,18)11-4-5-15-13(14)7-11/h4-7,9,16H,1-3H3. The van der Waals surface area contributed by atoms with Gasteiger partial charge in [-0.3, -0.25) is 0 Å². The summed E-state index contributed by atoms with van der Waals surface area (Å²) >= 11 is 5.71. The van der Waals surface area contributed by atoms with Crippen molar-refractivity contribution in [2.45, 2.75) is 31.7 Å². The fourth-order valence-electron chi connectivity index (χ4n) is 2.00. The molecule has 0 amide bonds. The highest BCUT2D eigenvalue weighted by Gasteiger charge is 2.21. The average molecular weight is 315 g/mol. The smallest absolute Gasteiger partial charge is 0.241 e. The molecule has 1 atom stereocenters. The summed E-state index contributed by atoms with van der Waals surface area (Å²) < 4.78 is 32.5. The zero-order valence-electron chi connectivity index (χ0n) is 11.3. The number of nitrogens with zero attached hydrogens (tertiary/aromatic N) is 1. The molecule has 2 rings (SSSR count). The van der Waals surface area contributed by atoms with Crippen molar-refractivity contribution in [2.24, 2.45) is 0 Å². The van der Waals surface area contributed by atoms with Gasteiger partial charge in [-0.15, -0.1) is 0 Å². The normalized spacial score (nSPS) is 13.4. The highest BCUT2D eigenvalue weighted by Crippen LogP contribution is 2.23. The minimum atomic E-state index is -3.65. The van der Waals surface area contributed by atoms with E-state index in [1.54, 1.807) is 13.8 Å². The minimum Gasteiger partial charge on any atom is -0.466 e. The summed E-state index contributed by atoms with van der Waals surface area (Å²) in [4.78, 5) is 3.85. The highest BCUT2D eigenvalue weighted by molar-refractivity contribution is 7.89. The lowest BCUT2D eigenvalue weighted by Crippen LogP contribution is -2.27. The molecule has 2 aromatic rings. The summed E-state index contributed by atoms with van der Waals surface area (Å²) in [6.07, 6.45) is 1.36. The molecule has 0 radical (unpaired) electrons. The summed E-state index contributed by atoms with van der Waals surface area (Å²) in [7, 11) is -3.65. The highest BCUT2D eigenvalue weighted by atomic mass is 35.5. The van der Waals surface area contributed by atoms with E-state index < -0.39 is 16.1 Å². The van der Waals surface area contributed by atoms with Gasteiger partial charge in [0, 0.05) is 17.8 Å². The van der Waals surface area contributed by atoms with Crippen LogP contribution in [-0.4, -0.2) is 13.4 Å². The first kappa shape index (κ1) is 15.0. The zero-order chi connectivity index (χ0) is 14.9. The molecule has 2 heterocycles. The zero-order valence-corrected chi connectivity index (χ0v) is 12.9. The van der Waals surface area contributed by atoms with E-state index in [0.717, 1.165) is 11.3 Å². The Morgan fingerprint density at radius 2 is 2.05 bits per heavy atom. The van der Waals surface area contributed by atoms with Crippen LogP contribution in [-0.2, 0) is 10.0 Å². The van der Waals surface area contributed by atoms with Crippen molar-refractivity contribution in [1.82, 2.24) is 9.71 Å². The fourth-order valence-corrected chi connectivity index (χ4v) is 3.47. The topological polar surface area (TPSA) is 72.2 Å². The van der Waals surface area contributed by atoms with E-state index in [1.807, 2.05) is 13.0 Å². The van der Waals surface area contributed by atoms with Gasteiger partial charge in [-0.25, -0.2) is 18.1 Å². The van der Waals surface area contributed by atoms with E-state index in [-0.39, 0.29) is 10.0 Å². The molecule has 1 N–H and O–H groups in total. The van der Waals surface area contributed by atoms with Crippen LogP contribution in [0.5, 0.6) is 0 Å². The van der Waals surface area contributed by atoms with E-state index in [2.05, 4.69) is 9.71 Å². The Labute approximate surface area is 123 Å². The second kappa shape index (κ2) is 5.55. The predicted molar refractivity (Wildman–Crippen MR) is 76.2 cm³/mol. The molecule has 0 aliphatic carbocycles. The molecule has 20 heavy (non-hydrogen) atoms. The summed E-state index contributed by atoms with van der Waals surface area (Å²) in [5.41, 5.74) is 0.811. The van der Waals surface area contributed by atoms with Crippen molar-refractivity contribution in [2.75, 3.05) is 0 Å². The van der Waals surface area contributed by atoms with Gasteiger partial charge in [0.15, 0.2) is 0 Å². The van der Waals surface area contributed by atoms with Crippen LogP contribution in [0.4, 0.5) is 0 Å². The van der Waals surface area contributed by atoms with Gasteiger partial charge >= 0.3 is 0 Å². The Bertz CT molecular complexity index is 725. The number of aryl methyl sites for hydroxylation is 2. The lowest BCUT2D eigenvalue weighted by atomic mass is 10.1. The first-order valence-corrected chi connectivity index (χ1v) is 7.86. The van der Waals surface area contributed by atoms with Crippen LogP contribution >= 0.6 is 11.6 Å². The first-order valence-electron chi connectivity index (χ1n) is 6.00. The van der Waals surface area contributed by atoms with Crippen molar-refractivity contribution in [3.05, 3.63) is 46.6 Å². The Morgan fingerprint density at radius 1 is 1.35 bits per heavy atom. The van der Waals surface area contributed by atoms with Crippen molar-refractivity contribution < 1.29 is 12.8 Å². The molecule has 0 aliphatic rings. The molecule has 0 saturated heterocycles. The van der Waals surface area contributed by atoms with E-state index in [0.29, 0.717) is 5.76 Å². The molecule has 0 aromatic carbocycles. The number of halogens is 1. The molecule has 1 unspecified atom stereocenters. The Morgan fingerprint density at radius 3 is 2.60 bits per heavy atom. The van der Waals surface area contributed by atoms with Crippen LogP contribution < -0.4 is 4.72 Å². The van der Waals surface area contributed by atoms with Gasteiger partial charge < -0.3 is 4.42 Å². The van der Waals surface area contributed by atoms with Crippen molar-refractivity contribution in [3.8, 4) is 0 Å². The number of hydrogen-bond donors (Lipinski definition) is 1. The Kier molecular flexibility index (Phi) is 4.17. The first-order chi connectivity index (χ1) is 9.29. The SMILES string of the molecule is Cc1cc(C(C)NS(=O)(=O)c2ccnc(Cl)c2)c(C)o1. The second-order valence-corrected chi connectivity index (χ2v) is 6.63. The summed E-state index contributed by atoms with van der Waals surface area (Å²) in [5.74, 6) is 1.45. The number of nitrogens with one attached hydrogen (secondary N) is 1. The van der Waals surface area contributed by atoms with E-state index >= 15 is 0 Å². The lowest BCUT2D eigenvalue weighted by molar-refractivity contribution is 0.496. The lowest BCUT2D eigenvalue weighted by Gasteiger charge is -2.13. The maximum absolute atomic E-state index is 12.3. The molecule has 0 spiro atoms. The monoisotopic (exact) mass is 314 g/mol. The van der Waals surface area contributed by atoms with Crippen LogP contribution in [0.15, 0.2) is 33.7 Å². The Hall–Kier alpha value is -1.37. The number of pyridine rings is 1. The van der Waals surface area contributed by atoms with Crippen LogP contribution in [0.3, 0.4) is 0 Å². The van der Waals surface area contributed by atoms with E-state index in [9.17, 15) is 8.42 Å². The summed E-state index contributed by atoms with van der Waals surface area (Å²) in [6.45, 7) is 5.38. The number of hydrogen-bond acceptors (Lipinski definition) is 4. The van der Waals surface area contributed by atoms with Crippen LogP contribution in [0, 0.1) is 13.8 Å². The minimum absolute atomic E-state index is 0.0854. The molecule has 7 heteroatoms. The molecule has 2 aromatic heterocycles. The van der Waals surface area contributed by atoms with Gasteiger partial charge in [0.05, 0.1) is 4.90 Å². The Balaban J connectivity index is 2.26. The fraction of sp³-hybridized carbons (Fsp3) is 0.308. The van der Waals surface area contributed by atoms with Crippen molar-refractivity contribution in [3.63, 3.8) is 0 Å². The third kappa shape index (κ3) is 3.20. The van der Waals surface area contributed by atoms with Crippen LogP contribution in [0.1, 0.15) is 30.0 Å². The molecule has 0 fully saturated rings. The number of aromatic nitrogens is 1. The molecule has 0 aliphatic heterocycles. The van der Waals surface area contributed by atoms with Crippen molar-refractivity contribution in [1.29, 1.82) is 0 Å². The summed E-state index contributed by atoms with van der Waals surface area (Å²) in [5, 5.41) is 0.135. The number of rotatable bonds is 4. The third-order valence-electron chi connectivity index (χ3n) is 2.89. The maximum atomic E-state index is 12.3. The second-order valence-electron chi connectivity index (χ2n) is 4.53. The van der Waals surface area contributed by atoms with Gasteiger partial charge in [0.1, 0.15) is 16.7 Å². The third-order valence-corrected chi connectivity index (χ3v) is 4.63.